The Kier molecular flexibility index (Phi) is 2.39. The molecule has 1 aliphatic heterocycles. The molecular weight excluding hydrogens is 204 g/mol. The highest BCUT2D eigenvalue weighted by molar-refractivity contribution is 6.07. The molecule has 0 bridgehead atoms. The van der Waals surface area contributed by atoms with Crippen molar-refractivity contribution in [3.8, 4) is 0 Å². The maximum Gasteiger partial charge on any atom is 0.251 e. The largest absolute Gasteiger partial charge is 0.392 e. The average molecular weight is 220 g/mol. The van der Waals surface area contributed by atoms with Gasteiger partial charge in [-0.05, 0) is 31.5 Å². The number of rotatable bonds is 1. The predicted octanol–water partition coefficient (Wildman–Crippen LogP) is 1.35. The van der Waals surface area contributed by atoms with E-state index in [1.54, 1.807) is 11.9 Å². The van der Waals surface area contributed by atoms with Crippen LogP contribution in [0.1, 0.15) is 19.4 Å². The molecule has 16 heavy (non-hydrogen) atoms. The van der Waals surface area contributed by atoms with Crippen LogP contribution in [0.4, 0.5) is 11.4 Å². The highest BCUT2D eigenvalue weighted by atomic mass is 16.3. The van der Waals surface area contributed by atoms with Gasteiger partial charge in [-0.15, -0.1) is 0 Å². The van der Waals surface area contributed by atoms with Crippen molar-refractivity contribution in [2.45, 2.75) is 26.0 Å². The van der Waals surface area contributed by atoms with Crippen molar-refractivity contribution < 1.29 is 9.90 Å². The Morgan fingerprint density at radius 2 is 2.12 bits per heavy atom. The van der Waals surface area contributed by atoms with E-state index in [0.717, 1.165) is 16.9 Å². The molecule has 1 heterocycles. The molecule has 86 valence electrons. The maximum atomic E-state index is 12.0. The molecule has 4 heteroatoms. The lowest BCUT2D eigenvalue weighted by Crippen LogP contribution is -2.52. The molecule has 0 aromatic heterocycles. The lowest BCUT2D eigenvalue weighted by atomic mass is 9.98. The third-order valence-electron chi connectivity index (χ3n) is 2.89. The van der Waals surface area contributed by atoms with Crippen LogP contribution in [0.25, 0.3) is 0 Å². The molecule has 0 unspecified atom stereocenters. The fraction of sp³-hybridized carbons (Fsp3) is 0.417. The molecule has 0 atom stereocenters. The van der Waals surface area contributed by atoms with E-state index in [9.17, 15) is 4.79 Å². The SMILES string of the molecule is CN1C(=O)C(C)(C)Nc2ccc(CO)cc21. The Morgan fingerprint density at radius 3 is 2.75 bits per heavy atom. The fourth-order valence-corrected chi connectivity index (χ4v) is 1.98. The second kappa shape index (κ2) is 3.49. The standard InChI is InChI=1S/C12H16N2O2/c1-12(2)11(16)14(3)10-6-8(7-15)4-5-9(10)13-12/h4-6,13,15H,7H2,1-3H3. The number of carbonyl (C=O) groups excluding carboxylic acids is 1. The maximum absolute atomic E-state index is 12.0. The van der Waals surface area contributed by atoms with Crippen molar-refractivity contribution in [3.63, 3.8) is 0 Å². The van der Waals surface area contributed by atoms with Gasteiger partial charge in [0.25, 0.3) is 5.91 Å². The number of aliphatic hydroxyl groups is 1. The van der Waals surface area contributed by atoms with Gasteiger partial charge >= 0.3 is 0 Å². The van der Waals surface area contributed by atoms with E-state index >= 15 is 0 Å². The van der Waals surface area contributed by atoms with Gasteiger partial charge < -0.3 is 15.3 Å². The number of likely N-dealkylation sites (N-methyl/N-ethyl adjacent to an activating group) is 1. The topological polar surface area (TPSA) is 52.6 Å². The number of carbonyl (C=O) groups is 1. The van der Waals surface area contributed by atoms with Crippen LogP contribution in [-0.2, 0) is 11.4 Å². The van der Waals surface area contributed by atoms with Crippen LogP contribution in [0.15, 0.2) is 18.2 Å². The third kappa shape index (κ3) is 1.55. The first-order valence-corrected chi connectivity index (χ1v) is 5.26. The Hall–Kier alpha value is -1.55. The molecule has 2 N–H and O–H groups in total. The number of benzene rings is 1. The fourth-order valence-electron chi connectivity index (χ4n) is 1.98. The first kappa shape index (κ1) is 11.0. The summed E-state index contributed by atoms with van der Waals surface area (Å²) in [5.74, 6) is 0.0232. The van der Waals surface area contributed by atoms with Gasteiger partial charge in [-0.1, -0.05) is 6.07 Å². The summed E-state index contributed by atoms with van der Waals surface area (Å²) in [6, 6.07) is 5.58. The summed E-state index contributed by atoms with van der Waals surface area (Å²) >= 11 is 0. The van der Waals surface area contributed by atoms with Gasteiger partial charge in [0.2, 0.25) is 0 Å². The number of nitrogens with one attached hydrogen (secondary N) is 1. The molecule has 0 saturated carbocycles. The lowest BCUT2D eigenvalue weighted by Gasteiger charge is -2.38. The number of nitrogens with zero attached hydrogens (tertiary/aromatic N) is 1. The van der Waals surface area contributed by atoms with Gasteiger partial charge in [-0.3, -0.25) is 4.79 Å². The molecule has 1 amide bonds. The normalized spacial score (nSPS) is 18.0. The van der Waals surface area contributed by atoms with E-state index in [1.165, 1.54) is 0 Å². The first-order chi connectivity index (χ1) is 7.45. The van der Waals surface area contributed by atoms with Crippen LogP contribution in [0.3, 0.4) is 0 Å². The van der Waals surface area contributed by atoms with E-state index in [1.807, 2.05) is 32.0 Å². The van der Waals surface area contributed by atoms with E-state index in [2.05, 4.69) is 5.32 Å². The van der Waals surface area contributed by atoms with Crippen LogP contribution in [-0.4, -0.2) is 23.6 Å². The molecule has 0 saturated heterocycles. The summed E-state index contributed by atoms with van der Waals surface area (Å²) in [7, 11) is 1.75. The van der Waals surface area contributed by atoms with Gasteiger partial charge in [-0.25, -0.2) is 0 Å². The number of amides is 1. The van der Waals surface area contributed by atoms with E-state index in [0.29, 0.717) is 0 Å². The Labute approximate surface area is 94.9 Å². The monoisotopic (exact) mass is 220 g/mol. The van der Waals surface area contributed by atoms with Crippen LogP contribution >= 0.6 is 0 Å². The number of aliphatic hydroxyl groups excluding tert-OH is 1. The molecule has 0 radical (unpaired) electrons. The summed E-state index contributed by atoms with van der Waals surface area (Å²) in [4.78, 5) is 13.6. The molecular formula is C12H16N2O2. The molecule has 1 aromatic carbocycles. The molecule has 1 aliphatic rings. The summed E-state index contributed by atoms with van der Waals surface area (Å²) in [6.07, 6.45) is 0. The Morgan fingerprint density at radius 1 is 1.44 bits per heavy atom. The minimum Gasteiger partial charge on any atom is -0.392 e. The summed E-state index contributed by atoms with van der Waals surface area (Å²) in [6.45, 7) is 3.70. The lowest BCUT2D eigenvalue weighted by molar-refractivity contribution is -0.121. The predicted molar refractivity (Wildman–Crippen MR) is 63.5 cm³/mol. The van der Waals surface area contributed by atoms with Crippen LogP contribution in [0.5, 0.6) is 0 Å². The minimum atomic E-state index is -0.581. The Bertz CT molecular complexity index is 441. The smallest absolute Gasteiger partial charge is 0.251 e. The number of fused-ring (bicyclic) bond motifs is 1. The summed E-state index contributed by atoms with van der Waals surface area (Å²) in [5.41, 5.74) is 1.96. The molecule has 2 rings (SSSR count). The highest BCUT2D eigenvalue weighted by Crippen LogP contribution is 2.34. The molecule has 1 aromatic rings. The second-order valence-electron chi connectivity index (χ2n) is 4.62. The zero-order valence-electron chi connectivity index (χ0n) is 9.74. The van der Waals surface area contributed by atoms with Crippen LogP contribution in [0, 0.1) is 0 Å². The number of anilines is 2. The van der Waals surface area contributed by atoms with Gasteiger partial charge in [0.1, 0.15) is 5.54 Å². The number of hydrogen-bond donors (Lipinski definition) is 2. The van der Waals surface area contributed by atoms with Crippen molar-refractivity contribution in [1.29, 1.82) is 0 Å². The van der Waals surface area contributed by atoms with Crippen molar-refractivity contribution in [3.05, 3.63) is 23.8 Å². The van der Waals surface area contributed by atoms with Gasteiger partial charge in [-0.2, -0.15) is 0 Å². The quantitative estimate of drug-likeness (QED) is 0.751. The second-order valence-corrected chi connectivity index (χ2v) is 4.62. The molecule has 0 fully saturated rings. The van der Waals surface area contributed by atoms with Crippen molar-refractivity contribution in [2.24, 2.45) is 0 Å². The molecule has 0 aliphatic carbocycles. The molecule has 4 nitrogen and oxygen atoms in total. The zero-order valence-corrected chi connectivity index (χ0v) is 9.74. The number of hydrogen-bond acceptors (Lipinski definition) is 3. The zero-order chi connectivity index (χ0) is 11.9. The first-order valence-electron chi connectivity index (χ1n) is 5.26. The van der Waals surface area contributed by atoms with Crippen LogP contribution in [0.2, 0.25) is 0 Å². The summed E-state index contributed by atoms with van der Waals surface area (Å²) in [5, 5.41) is 12.3. The van der Waals surface area contributed by atoms with Crippen molar-refractivity contribution >= 4 is 17.3 Å². The van der Waals surface area contributed by atoms with Gasteiger partial charge in [0, 0.05) is 7.05 Å². The van der Waals surface area contributed by atoms with Gasteiger partial charge in [0.05, 0.1) is 18.0 Å². The van der Waals surface area contributed by atoms with Crippen LogP contribution < -0.4 is 10.2 Å². The Balaban J connectivity index is 2.51. The van der Waals surface area contributed by atoms with Crippen molar-refractivity contribution in [2.75, 3.05) is 17.3 Å². The van der Waals surface area contributed by atoms with E-state index in [-0.39, 0.29) is 12.5 Å². The average Bonchev–Trinajstić information content (AvgIpc) is 2.25. The third-order valence-corrected chi connectivity index (χ3v) is 2.89. The molecule has 0 spiro atoms. The van der Waals surface area contributed by atoms with E-state index in [4.69, 9.17) is 5.11 Å². The van der Waals surface area contributed by atoms with Gasteiger partial charge in [0.15, 0.2) is 0 Å². The summed E-state index contributed by atoms with van der Waals surface area (Å²) < 4.78 is 0. The minimum absolute atomic E-state index is 0.0152. The van der Waals surface area contributed by atoms with Crippen molar-refractivity contribution in [1.82, 2.24) is 0 Å². The van der Waals surface area contributed by atoms with E-state index < -0.39 is 5.54 Å². The highest BCUT2D eigenvalue weighted by Gasteiger charge is 2.36.